The van der Waals surface area contributed by atoms with Crippen molar-refractivity contribution in [3.05, 3.63) is 23.2 Å². The molecule has 2 N–H and O–H groups in total. The fourth-order valence-corrected chi connectivity index (χ4v) is 3.16. The van der Waals surface area contributed by atoms with E-state index in [9.17, 15) is 0 Å². The van der Waals surface area contributed by atoms with Gasteiger partial charge in [0.15, 0.2) is 0 Å². The van der Waals surface area contributed by atoms with Crippen LogP contribution < -0.4 is 5.73 Å². The van der Waals surface area contributed by atoms with Gasteiger partial charge in [0.1, 0.15) is 0 Å². The molecule has 1 saturated heterocycles. The topological polar surface area (TPSA) is 38.5 Å². The Kier molecular flexibility index (Phi) is 4.56. The van der Waals surface area contributed by atoms with Crippen LogP contribution in [0.2, 0.25) is 5.02 Å². The lowest BCUT2D eigenvalue weighted by molar-refractivity contribution is -0.00597. The number of nitrogen functional groups attached to an aromatic ring is 1. The van der Waals surface area contributed by atoms with E-state index in [2.05, 4.69) is 11.9 Å². The van der Waals surface area contributed by atoms with Gasteiger partial charge in [-0.25, -0.2) is 0 Å². The highest BCUT2D eigenvalue weighted by Crippen LogP contribution is 2.33. The molecule has 1 unspecified atom stereocenters. The van der Waals surface area contributed by atoms with Crippen LogP contribution in [-0.2, 0) is 4.74 Å². The second kappa shape index (κ2) is 5.96. The molecule has 0 aromatic heterocycles. The molecule has 5 heteroatoms. The van der Waals surface area contributed by atoms with Crippen molar-refractivity contribution < 1.29 is 4.74 Å². The van der Waals surface area contributed by atoms with Crippen molar-refractivity contribution in [2.24, 2.45) is 0 Å². The molecule has 1 aromatic rings. The van der Waals surface area contributed by atoms with E-state index in [1.54, 1.807) is 11.8 Å². The zero-order valence-corrected chi connectivity index (χ0v) is 11.4. The van der Waals surface area contributed by atoms with Crippen LogP contribution in [0.15, 0.2) is 23.1 Å². The zero-order valence-electron chi connectivity index (χ0n) is 9.86. The summed E-state index contributed by atoms with van der Waals surface area (Å²) in [6, 6.07) is 5.61. The van der Waals surface area contributed by atoms with Crippen LogP contribution in [0.25, 0.3) is 0 Å². The lowest BCUT2D eigenvalue weighted by Crippen LogP contribution is -2.41. The van der Waals surface area contributed by atoms with Crippen LogP contribution in [0.5, 0.6) is 0 Å². The molecule has 3 nitrogen and oxygen atoms in total. The fourth-order valence-electron chi connectivity index (χ4n) is 1.82. The molecule has 2 rings (SSSR count). The number of morpholine rings is 1. The number of nitrogens with two attached hydrogens (primary N) is 1. The van der Waals surface area contributed by atoms with Crippen LogP contribution >= 0.6 is 23.4 Å². The van der Waals surface area contributed by atoms with Crippen molar-refractivity contribution >= 4 is 29.1 Å². The van der Waals surface area contributed by atoms with Crippen molar-refractivity contribution in [2.45, 2.75) is 11.0 Å². The van der Waals surface area contributed by atoms with E-state index in [1.165, 1.54) is 0 Å². The molecule has 1 fully saturated rings. The maximum absolute atomic E-state index is 6.12. The molecular weight excluding hydrogens is 256 g/mol. The highest BCUT2D eigenvalue weighted by Gasteiger charge is 2.18. The van der Waals surface area contributed by atoms with Gasteiger partial charge in [0.05, 0.1) is 17.7 Å². The number of ether oxygens (including phenoxy) is 1. The van der Waals surface area contributed by atoms with Gasteiger partial charge >= 0.3 is 0 Å². The molecule has 1 aliphatic heterocycles. The first kappa shape index (κ1) is 13.0. The summed E-state index contributed by atoms with van der Waals surface area (Å²) in [5.74, 6) is 0.887. The minimum absolute atomic E-state index is 0.259. The number of thioether (sulfide) groups is 1. The second-order valence-corrected chi connectivity index (χ2v) is 5.66. The van der Waals surface area contributed by atoms with Crippen molar-refractivity contribution in [1.82, 2.24) is 4.90 Å². The smallest absolute Gasteiger partial charge is 0.0796 e. The minimum atomic E-state index is 0.259. The molecule has 1 aromatic carbocycles. The maximum atomic E-state index is 6.12. The summed E-state index contributed by atoms with van der Waals surface area (Å²) in [5.41, 5.74) is 6.65. The Morgan fingerprint density at radius 1 is 1.59 bits per heavy atom. The lowest BCUT2D eigenvalue weighted by Gasteiger charge is -2.29. The first-order valence-corrected chi connectivity index (χ1v) is 7.00. The zero-order chi connectivity index (χ0) is 12.3. The number of likely N-dealkylation sites (N-methyl/N-ethyl adjacent to an activating group) is 1. The number of benzene rings is 1. The van der Waals surface area contributed by atoms with Crippen molar-refractivity contribution in [1.29, 1.82) is 0 Å². The summed E-state index contributed by atoms with van der Waals surface area (Å²) in [5, 5.41) is 0.721. The molecule has 1 heterocycles. The van der Waals surface area contributed by atoms with Crippen LogP contribution in [0.3, 0.4) is 0 Å². The Balaban J connectivity index is 1.93. The first-order valence-electron chi connectivity index (χ1n) is 5.64. The van der Waals surface area contributed by atoms with Gasteiger partial charge in [0.2, 0.25) is 0 Å². The summed E-state index contributed by atoms with van der Waals surface area (Å²) in [7, 11) is 2.12. The van der Waals surface area contributed by atoms with Gasteiger partial charge in [-0.1, -0.05) is 17.7 Å². The summed E-state index contributed by atoms with van der Waals surface area (Å²) in [6.45, 7) is 2.78. The number of halogens is 1. The third-order valence-electron chi connectivity index (χ3n) is 2.75. The largest absolute Gasteiger partial charge is 0.398 e. The molecule has 1 aliphatic rings. The number of anilines is 1. The van der Waals surface area contributed by atoms with Crippen LogP contribution in [-0.4, -0.2) is 43.5 Å². The monoisotopic (exact) mass is 272 g/mol. The molecule has 17 heavy (non-hydrogen) atoms. The summed E-state index contributed by atoms with van der Waals surface area (Å²) in [6.07, 6.45) is 0.259. The van der Waals surface area contributed by atoms with E-state index in [0.29, 0.717) is 0 Å². The quantitative estimate of drug-likeness (QED) is 0.677. The number of rotatable bonds is 3. The minimum Gasteiger partial charge on any atom is -0.398 e. The van der Waals surface area contributed by atoms with Crippen molar-refractivity contribution in [3.63, 3.8) is 0 Å². The number of hydrogen-bond donors (Lipinski definition) is 1. The van der Waals surface area contributed by atoms with E-state index in [1.807, 2.05) is 18.2 Å². The number of hydrogen-bond acceptors (Lipinski definition) is 4. The van der Waals surface area contributed by atoms with E-state index in [4.69, 9.17) is 22.1 Å². The molecule has 94 valence electrons. The van der Waals surface area contributed by atoms with Gasteiger partial charge in [-0.3, -0.25) is 0 Å². The van der Waals surface area contributed by atoms with Gasteiger partial charge in [-0.05, 0) is 19.2 Å². The first-order chi connectivity index (χ1) is 8.16. The molecular formula is C12H17ClN2OS. The molecule has 0 saturated carbocycles. The van der Waals surface area contributed by atoms with E-state index in [0.717, 1.165) is 41.1 Å². The average molecular weight is 273 g/mol. The average Bonchev–Trinajstić information content (AvgIpc) is 2.28. The Morgan fingerprint density at radius 3 is 3.12 bits per heavy atom. The van der Waals surface area contributed by atoms with Gasteiger partial charge in [0.25, 0.3) is 0 Å². The van der Waals surface area contributed by atoms with E-state index < -0.39 is 0 Å². The van der Waals surface area contributed by atoms with Gasteiger partial charge < -0.3 is 15.4 Å². The molecule has 1 atom stereocenters. The standard InChI is InChI=1S/C12H17ClN2OS/c1-15-5-6-16-9(7-15)8-17-12-10(13)3-2-4-11(12)14/h2-4,9H,5-8,14H2,1H3. The van der Waals surface area contributed by atoms with Crippen molar-refractivity contribution in [2.75, 3.05) is 38.2 Å². The van der Waals surface area contributed by atoms with E-state index in [-0.39, 0.29) is 6.10 Å². The normalized spacial score (nSPS) is 21.6. The molecule has 0 radical (unpaired) electrons. The third kappa shape index (κ3) is 3.52. The Morgan fingerprint density at radius 2 is 2.41 bits per heavy atom. The third-order valence-corrected chi connectivity index (χ3v) is 4.46. The van der Waals surface area contributed by atoms with Crippen LogP contribution in [0, 0.1) is 0 Å². The Bertz CT molecular complexity index is 369. The SMILES string of the molecule is CN1CCOC(CSc2c(N)cccc2Cl)C1. The molecule has 0 aliphatic carbocycles. The van der Waals surface area contributed by atoms with E-state index >= 15 is 0 Å². The maximum Gasteiger partial charge on any atom is 0.0796 e. The Hall–Kier alpha value is -0.420. The Labute approximate surface area is 111 Å². The molecule has 0 bridgehead atoms. The van der Waals surface area contributed by atoms with Crippen LogP contribution in [0.4, 0.5) is 5.69 Å². The lowest BCUT2D eigenvalue weighted by atomic mass is 10.3. The van der Waals surface area contributed by atoms with Crippen LogP contribution in [0.1, 0.15) is 0 Å². The predicted molar refractivity (Wildman–Crippen MR) is 73.8 cm³/mol. The van der Waals surface area contributed by atoms with Crippen molar-refractivity contribution in [3.8, 4) is 0 Å². The second-order valence-electron chi connectivity index (χ2n) is 4.22. The van der Waals surface area contributed by atoms with Gasteiger partial charge in [-0.15, -0.1) is 11.8 Å². The van der Waals surface area contributed by atoms with Gasteiger partial charge in [0, 0.05) is 29.4 Å². The molecule has 0 amide bonds. The predicted octanol–water partition coefficient (Wildman–Crippen LogP) is 2.34. The van der Waals surface area contributed by atoms with Gasteiger partial charge in [-0.2, -0.15) is 0 Å². The summed E-state index contributed by atoms with van der Waals surface area (Å²) < 4.78 is 5.70. The molecule has 0 spiro atoms. The summed E-state index contributed by atoms with van der Waals surface area (Å²) >= 11 is 7.80. The fraction of sp³-hybridized carbons (Fsp3) is 0.500. The number of nitrogens with zero attached hydrogens (tertiary/aromatic N) is 1. The highest BCUT2D eigenvalue weighted by atomic mass is 35.5. The summed E-state index contributed by atoms with van der Waals surface area (Å²) in [4.78, 5) is 3.25. The highest BCUT2D eigenvalue weighted by molar-refractivity contribution is 7.99.